The molecule has 0 saturated carbocycles. The van der Waals surface area contributed by atoms with E-state index in [1.807, 2.05) is 30.3 Å². The van der Waals surface area contributed by atoms with E-state index in [2.05, 4.69) is 17.4 Å². The molecule has 5 heteroatoms. The second-order valence-corrected chi connectivity index (χ2v) is 6.07. The summed E-state index contributed by atoms with van der Waals surface area (Å²) in [5, 5.41) is 3.50. The number of fused-ring (bicyclic) bond motifs is 6. The summed E-state index contributed by atoms with van der Waals surface area (Å²) in [6, 6.07) is 14.3. The lowest BCUT2D eigenvalue weighted by molar-refractivity contribution is -0.125. The maximum absolute atomic E-state index is 12.3. The number of hydrogen-bond acceptors (Lipinski definition) is 3. The number of carbonyl (C=O) groups excluding carboxylic acids is 1. The fourth-order valence-electron chi connectivity index (χ4n) is 3.87. The van der Waals surface area contributed by atoms with Gasteiger partial charge in [0.1, 0.15) is 11.3 Å². The lowest BCUT2D eigenvalue weighted by Crippen LogP contribution is -2.60. The van der Waals surface area contributed by atoms with E-state index < -0.39 is 5.54 Å². The summed E-state index contributed by atoms with van der Waals surface area (Å²) in [6.45, 7) is 0. The van der Waals surface area contributed by atoms with Gasteiger partial charge in [-0.05, 0) is 40.8 Å². The molecule has 2 aromatic rings. The highest BCUT2D eigenvalue weighted by Gasteiger charge is 2.48. The maximum atomic E-state index is 12.3. The van der Waals surface area contributed by atoms with E-state index in [-0.39, 0.29) is 24.4 Å². The molecule has 1 amide bonds. The zero-order chi connectivity index (χ0) is 15.3. The van der Waals surface area contributed by atoms with Gasteiger partial charge in [-0.2, -0.15) is 0 Å². The molecule has 2 aromatic carbocycles. The van der Waals surface area contributed by atoms with Crippen LogP contribution >= 0.6 is 12.4 Å². The lowest BCUT2D eigenvalue weighted by atomic mass is 9.70. The van der Waals surface area contributed by atoms with Crippen molar-refractivity contribution in [2.24, 2.45) is 5.73 Å². The first-order valence-electron chi connectivity index (χ1n) is 7.47. The van der Waals surface area contributed by atoms with Crippen molar-refractivity contribution in [3.05, 3.63) is 64.7 Å². The van der Waals surface area contributed by atoms with Crippen LogP contribution in [-0.4, -0.2) is 13.0 Å². The molecule has 4 nitrogen and oxygen atoms in total. The van der Waals surface area contributed by atoms with Gasteiger partial charge >= 0.3 is 0 Å². The number of hydrogen-bond donors (Lipinski definition) is 2. The first-order chi connectivity index (χ1) is 10.6. The predicted octanol–water partition coefficient (Wildman–Crippen LogP) is 2.24. The molecule has 2 heterocycles. The van der Waals surface area contributed by atoms with Crippen LogP contribution in [0.4, 0.5) is 0 Å². The molecular weight excluding hydrogens is 312 g/mol. The number of nitrogens with two attached hydrogens (primary N) is 1. The molecule has 4 rings (SSSR count). The van der Waals surface area contributed by atoms with E-state index in [4.69, 9.17) is 10.5 Å². The number of rotatable bonds is 2. The Hall–Kier alpha value is -2.04. The number of halogens is 1. The van der Waals surface area contributed by atoms with Crippen molar-refractivity contribution in [1.82, 2.24) is 5.32 Å². The minimum atomic E-state index is -0.821. The highest BCUT2D eigenvalue weighted by atomic mass is 35.5. The van der Waals surface area contributed by atoms with E-state index in [0.29, 0.717) is 6.42 Å². The predicted molar refractivity (Wildman–Crippen MR) is 90.8 cm³/mol. The Morgan fingerprint density at radius 3 is 2.78 bits per heavy atom. The van der Waals surface area contributed by atoms with Gasteiger partial charge in [-0.15, -0.1) is 12.4 Å². The van der Waals surface area contributed by atoms with Crippen molar-refractivity contribution >= 4 is 18.3 Å². The largest absolute Gasteiger partial charge is 0.497 e. The zero-order valence-electron chi connectivity index (χ0n) is 12.8. The Kier molecular flexibility index (Phi) is 3.82. The van der Waals surface area contributed by atoms with Gasteiger partial charge in [-0.25, -0.2) is 0 Å². The molecule has 2 atom stereocenters. The minimum absolute atomic E-state index is 0. The van der Waals surface area contributed by atoms with Crippen molar-refractivity contribution < 1.29 is 9.53 Å². The fraction of sp³-hybridized carbons (Fsp3) is 0.278. The Balaban J connectivity index is 0.00000156. The van der Waals surface area contributed by atoms with Crippen LogP contribution in [0.25, 0.3) is 0 Å². The van der Waals surface area contributed by atoms with Gasteiger partial charge in [0.2, 0.25) is 5.91 Å². The number of carbonyl (C=O) groups is 1. The molecule has 0 radical (unpaired) electrons. The topological polar surface area (TPSA) is 64.3 Å². The van der Waals surface area contributed by atoms with Crippen LogP contribution in [0, 0.1) is 0 Å². The van der Waals surface area contributed by atoms with Crippen LogP contribution < -0.4 is 15.8 Å². The number of primary amides is 1. The second kappa shape index (κ2) is 5.55. The van der Waals surface area contributed by atoms with E-state index >= 15 is 0 Å². The minimum Gasteiger partial charge on any atom is -0.497 e. The summed E-state index contributed by atoms with van der Waals surface area (Å²) in [7, 11) is 1.66. The molecule has 0 aliphatic carbocycles. The van der Waals surface area contributed by atoms with Gasteiger partial charge in [0.25, 0.3) is 0 Å². The molecule has 2 aliphatic rings. The SMILES string of the molecule is COc1ccc2c(c1)CC1(C(N)=O)NC2Cc2ccccc21.Cl. The molecule has 2 unspecified atom stereocenters. The van der Waals surface area contributed by atoms with E-state index in [1.54, 1.807) is 7.11 Å². The van der Waals surface area contributed by atoms with Crippen LogP contribution in [-0.2, 0) is 23.2 Å². The summed E-state index contributed by atoms with van der Waals surface area (Å²) in [5.41, 5.74) is 9.57. The van der Waals surface area contributed by atoms with Crippen molar-refractivity contribution in [2.75, 3.05) is 7.11 Å². The van der Waals surface area contributed by atoms with Crippen molar-refractivity contribution in [1.29, 1.82) is 0 Å². The van der Waals surface area contributed by atoms with Crippen molar-refractivity contribution in [3.63, 3.8) is 0 Å². The normalized spacial score (nSPS) is 24.0. The van der Waals surface area contributed by atoms with Gasteiger partial charge in [-0.1, -0.05) is 30.3 Å². The van der Waals surface area contributed by atoms with Gasteiger partial charge in [0.05, 0.1) is 7.11 Å². The van der Waals surface area contributed by atoms with E-state index in [1.165, 1.54) is 11.1 Å². The van der Waals surface area contributed by atoms with Crippen molar-refractivity contribution in [2.45, 2.75) is 24.4 Å². The van der Waals surface area contributed by atoms with E-state index in [0.717, 1.165) is 23.3 Å². The Labute approximate surface area is 141 Å². The average Bonchev–Trinajstić information content (AvgIpc) is 2.54. The Morgan fingerprint density at radius 1 is 1.26 bits per heavy atom. The molecule has 0 spiro atoms. The molecule has 0 saturated heterocycles. The van der Waals surface area contributed by atoms with E-state index in [9.17, 15) is 4.79 Å². The summed E-state index contributed by atoms with van der Waals surface area (Å²) < 4.78 is 5.33. The van der Waals surface area contributed by atoms with Crippen LogP contribution in [0.1, 0.15) is 28.3 Å². The maximum Gasteiger partial charge on any atom is 0.242 e. The number of ether oxygens (including phenoxy) is 1. The van der Waals surface area contributed by atoms with Crippen LogP contribution in [0.15, 0.2) is 42.5 Å². The quantitative estimate of drug-likeness (QED) is 0.887. The molecule has 0 fully saturated rings. The van der Waals surface area contributed by atoms with Gasteiger partial charge in [0.15, 0.2) is 0 Å². The third-order valence-corrected chi connectivity index (χ3v) is 4.92. The summed E-state index contributed by atoms with van der Waals surface area (Å²) in [6.07, 6.45) is 1.42. The average molecular weight is 331 g/mol. The van der Waals surface area contributed by atoms with Gasteiger partial charge in [0, 0.05) is 12.5 Å². The second-order valence-electron chi connectivity index (χ2n) is 6.07. The van der Waals surface area contributed by atoms with Crippen LogP contribution in [0.5, 0.6) is 5.75 Å². The Bertz CT molecular complexity index is 777. The summed E-state index contributed by atoms with van der Waals surface area (Å²) in [4.78, 5) is 12.3. The highest BCUT2D eigenvalue weighted by molar-refractivity contribution is 5.88. The highest BCUT2D eigenvalue weighted by Crippen LogP contribution is 2.44. The molecule has 2 bridgehead atoms. The number of nitrogens with one attached hydrogen (secondary N) is 1. The third kappa shape index (κ3) is 2.21. The first kappa shape index (κ1) is 15.8. The molecule has 3 N–H and O–H groups in total. The zero-order valence-corrected chi connectivity index (χ0v) is 13.7. The van der Waals surface area contributed by atoms with Crippen molar-refractivity contribution in [3.8, 4) is 5.75 Å². The first-order valence-corrected chi connectivity index (χ1v) is 7.47. The monoisotopic (exact) mass is 330 g/mol. The van der Waals surface area contributed by atoms with Gasteiger partial charge < -0.3 is 10.5 Å². The van der Waals surface area contributed by atoms with Gasteiger partial charge in [-0.3, -0.25) is 10.1 Å². The lowest BCUT2D eigenvalue weighted by Gasteiger charge is -2.46. The standard InChI is InChI=1S/C18H18N2O2.ClH/c1-22-13-6-7-14-12(8-13)10-18(17(19)21)15-5-3-2-4-11(15)9-16(14)20-18;/h2-8,16,20H,9-10H2,1H3,(H2,19,21);1H. The fourth-order valence-corrected chi connectivity index (χ4v) is 3.87. The molecular formula is C18H19ClN2O2. The molecule has 120 valence electrons. The number of benzene rings is 2. The smallest absolute Gasteiger partial charge is 0.242 e. The Morgan fingerprint density at radius 2 is 2.04 bits per heavy atom. The summed E-state index contributed by atoms with van der Waals surface area (Å²) >= 11 is 0. The van der Waals surface area contributed by atoms with Crippen LogP contribution in [0.3, 0.4) is 0 Å². The molecule has 0 aromatic heterocycles. The third-order valence-electron chi connectivity index (χ3n) is 4.92. The molecule has 23 heavy (non-hydrogen) atoms. The number of amides is 1. The van der Waals surface area contributed by atoms with Crippen LogP contribution in [0.2, 0.25) is 0 Å². The number of methoxy groups -OCH3 is 1. The molecule has 2 aliphatic heterocycles. The summed E-state index contributed by atoms with van der Waals surface area (Å²) in [5.74, 6) is 0.491.